The average Bonchev–Trinajstić information content (AvgIpc) is 2.66. The van der Waals surface area contributed by atoms with Crippen molar-refractivity contribution in [1.29, 1.82) is 0 Å². The Hall–Kier alpha value is -2.17. The van der Waals surface area contributed by atoms with Gasteiger partial charge in [0.25, 0.3) is 0 Å². The Morgan fingerprint density at radius 3 is 2.46 bits per heavy atom. The van der Waals surface area contributed by atoms with Crippen molar-refractivity contribution < 1.29 is 9.90 Å². The summed E-state index contributed by atoms with van der Waals surface area (Å²) in [5, 5.41) is 13.5. The number of hydrogen-bond donors (Lipinski definition) is 3. The summed E-state index contributed by atoms with van der Waals surface area (Å²) < 4.78 is 0. The molecule has 1 heterocycles. The Balaban J connectivity index is 1.77. The highest BCUT2D eigenvalue weighted by atomic mass is 16.3. The van der Waals surface area contributed by atoms with Gasteiger partial charge in [0.2, 0.25) is 5.91 Å². The van der Waals surface area contributed by atoms with Gasteiger partial charge in [-0.1, -0.05) is 54.6 Å². The first kappa shape index (κ1) is 20.6. The molecule has 1 saturated heterocycles. The van der Waals surface area contributed by atoms with Crippen molar-refractivity contribution in [1.82, 2.24) is 5.32 Å². The van der Waals surface area contributed by atoms with Crippen molar-refractivity contribution >= 4 is 5.91 Å². The van der Waals surface area contributed by atoms with Crippen LogP contribution in [0.3, 0.4) is 0 Å². The molecule has 1 fully saturated rings. The maximum atomic E-state index is 12.3. The van der Waals surface area contributed by atoms with Crippen LogP contribution in [-0.2, 0) is 11.2 Å². The lowest BCUT2D eigenvalue weighted by molar-refractivity contribution is -0.119. The Labute approximate surface area is 168 Å². The number of carbonyl (C=O) groups is 1. The predicted octanol–water partition coefficient (Wildman–Crippen LogP) is 3.35. The van der Waals surface area contributed by atoms with Gasteiger partial charge in [-0.2, -0.15) is 0 Å². The standard InChI is InChI=1S/C24H32N2O2/c1-24(2,28)15-17-8-10-19(11-9-17)21(23(25)27)14-20-12-13-26-16-22(20)18-6-4-3-5-7-18/h3-11,20-22,26,28H,12-16H2,1-2H3,(H2,25,27). The molecule has 4 heteroatoms. The van der Waals surface area contributed by atoms with Crippen LogP contribution in [0.2, 0.25) is 0 Å². The average molecular weight is 381 g/mol. The van der Waals surface area contributed by atoms with Crippen molar-refractivity contribution in [2.75, 3.05) is 13.1 Å². The molecule has 0 aromatic heterocycles. The van der Waals surface area contributed by atoms with Crippen molar-refractivity contribution in [3.05, 3.63) is 71.3 Å². The summed E-state index contributed by atoms with van der Waals surface area (Å²) in [5.74, 6) is 0.259. The highest BCUT2D eigenvalue weighted by Crippen LogP contribution is 2.36. The van der Waals surface area contributed by atoms with Crippen molar-refractivity contribution in [2.24, 2.45) is 11.7 Å². The van der Waals surface area contributed by atoms with Gasteiger partial charge in [-0.15, -0.1) is 0 Å². The fourth-order valence-electron chi connectivity index (χ4n) is 4.37. The summed E-state index contributed by atoms with van der Waals surface area (Å²) in [7, 11) is 0. The lowest BCUT2D eigenvalue weighted by Gasteiger charge is -2.34. The topological polar surface area (TPSA) is 75.3 Å². The quantitative estimate of drug-likeness (QED) is 0.689. The second kappa shape index (κ2) is 8.89. The molecule has 0 bridgehead atoms. The SMILES string of the molecule is CC(C)(O)Cc1ccc(C(CC2CCNCC2c2ccccc2)C(N)=O)cc1. The van der Waals surface area contributed by atoms with Gasteiger partial charge in [0.05, 0.1) is 11.5 Å². The monoisotopic (exact) mass is 380 g/mol. The van der Waals surface area contributed by atoms with E-state index >= 15 is 0 Å². The molecule has 0 saturated carbocycles. The molecular weight excluding hydrogens is 348 g/mol. The second-order valence-electron chi connectivity index (χ2n) is 8.69. The van der Waals surface area contributed by atoms with Crippen molar-refractivity contribution in [3.8, 4) is 0 Å². The maximum absolute atomic E-state index is 12.3. The summed E-state index contributed by atoms with van der Waals surface area (Å²) in [6.45, 7) is 5.51. The van der Waals surface area contributed by atoms with E-state index in [1.807, 2.05) is 30.3 Å². The number of benzene rings is 2. The third-order valence-corrected chi connectivity index (χ3v) is 5.75. The van der Waals surface area contributed by atoms with E-state index in [0.29, 0.717) is 18.3 Å². The number of amides is 1. The Kier molecular flexibility index (Phi) is 6.53. The molecule has 2 aromatic rings. The van der Waals surface area contributed by atoms with Gasteiger partial charge in [0, 0.05) is 13.0 Å². The number of nitrogens with one attached hydrogen (secondary N) is 1. The molecule has 28 heavy (non-hydrogen) atoms. The number of hydrogen-bond acceptors (Lipinski definition) is 3. The minimum Gasteiger partial charge on any atom is -0.390 e. The molecule has 4 nitrogen and oxygen atoms in total. The first-order valence-corrected chi connectivity index (χ1v) is 10.2. The molecule has 2 aromatic carbocycles. The number of carbonyl (C=O) groups excluding carboxylic acids is 1. The summed E-state index contributed by atoms with van der Waals surface area (Å²) >= 11 is 0. The Morgan fingerprint density at radius 2 is 1.86 bits per heavy atom. The Bertz CT molecular complexity index is 765. The van der Waals surface area contributed by atoms with E-state index in [0.717, 1.165) is 37.1 Å². The number of aliphatic hydroxyl groups is 1. The van der Waals surface area contributed by atoms with Gasteiger partial charge in [-0.05, 0) is 61.8 Å². The zero-order chi connectivity index (χ0) is 20.1. The molecule has 1 aliphatic heterocycles. The third kappa shape index (κ3) is 5.43. The van der Waals surface area contributed by atoms with Gasteiger partial charge < -0.3 is 16.2 Å². The molecule has 3 rings (SSSR count). The molecule has 0 aliphatic carbocycles. The van der Waals surface area contributed by atoms with E-state index in [9.17, 15) is 9.90 Å². The molecule has 1 amide bonds. The number of piperidine rings is 1. The third-order valence-electron chi connectivity index (χ3n) is 5.75. The lowest BCUT2D eigenvalue weighted by atomic mass is 9.75. The van der Waals surface area contributed by atoms with Crippen LogP contribution in [-0.4, -0.2) is 29.7 Å². The highest BCUT2D eigenvalue weighted by molar-refractivity contribution is 5.82. The molecule has 1 aliphatic rings. The largest absolute Gasteiger partial charge is 0.390 e. The maximum Gasteiger partial charge on any atom is 0.224 e. The predicted molar refractivity (Wildman–Crippen MR) is 113 cm³/mol. The van der Waals surface area contributed by atoms with Crippen LogP contribution < -0.4 is 11.1 Å². The highest BCUT2D eigenvalue weighted by Gasteiger charge is 2.31. The molecular formula is C24H32N2O2. The van der Waals surface area contributed by atoms with Crippen LogP contribution in [0.15, 0.2) is 54.6 Å². The zero-order valence-electron chi connectivity index (χ0n) is 16.9. The lowest BCUT2D eigenvalue weighted by Crippen LogP contribution is -2.37. The molecule has 3 atom stereocenters. The van der Waals surface area contributed by atoms with Gasteiger partial charge in [-0.25, -0.2) is 0 Å². The summed E-state index contributed by atoms with van der Waals surface area (Å²) in [5.41, 5.74) is 8.42. The fraction of sp³-hybridized carbons (Fsp3) is 0.458. The van der Waals surface area contributed by atoms with Gasteiger partial charge in [-0.3, -0.25) is 4.79 Å². The number of primary amides is 1. The van der Waals surface area contributed by atoms with E-state index in [1.165, 1.54) is 5.56 Å². The number of nitrogens with two attached hydrogens (primary N) is 1. The van der Waals surface area contributed by atoms with Crippen LogP contribution in [0, 0.1) is 5.92 Å². The number of rotatable bonds is 7. The Morgan fingerprint density at radius 1 is 1.18 bits per heavy atom. The fourth-order valence-corrected chi connectivity index (χ4v) is 4.37. The normalized spacial score (nSPS) is 21.2. The van der Waals surface area contributed by atoms with Gasteiger partial charge >= 0.3 is 0 Å². The molecule has 0 spiro atoms. The van der Waals surface area contributed by atoms with E-state index in [2.05, 4.69) is 29.6 Å². The van der Waals surface area contributed by atoms with Crippen LogP contribution in [0.4, 0.5) is 0 Å². The van der Waals surface area contributed by atoms with Gasteiger partial charge in [0.1, 0.15) is 0 Å². The molecule has 4 N–H and O–H groups in total. The smallest absolute Gasteiger partial charge is 0.224 e. The summed E-state index contributed by atoms with van der Waals surface area (Å²) in [6, 6.07) is 18.5. The summed E-state index contributed by atoms with van der Waals surface area (Å²) in [6.07, 6.45) is 2.39. The van der Waals surface area contributed by atoms with Crippen LogP contribution >= 0.6 is 0 Å². The molecule has 3 unspecified atom stereocenters. The van der Waals surface area contributed by atoms with Crippen molar-refractivity contribution in [2.45, 2.75) is 50.5 Å². The minimum atomic E-state index is -0.747. The van der Waals surface area contributed by atoms with Crippen molar-refractivity contribution in [3.63, 3.8) is 0 Å². The van der Waals surface area contributed by atoms with E-state index in [4.69, 9.17) is 5.73 Å². The zero-order valence-corrected chi connectivity index (χ0v) is 16.9. The second-order valence-corrected chi connectivity index (χ2v) is 8.69. The minimum absolute atomic E-state index is 0.263. The molecule has 150 valence electrons. The van der Waals surface area contributed by atoms with E-state index in [-0.39, 0.29) is 11.8 Å². The van der Waals surface area contributed by atoms with Gasteiger partial charge in [0.15, 0.2) is 0 Å². The van der Waals surface area contributed by atoms with Crippen LogP contribution in [0.1, 0.15) is 55.2 Å². The van der Waals surface area contributed by atoms with Crippen LogP contribution in [0.25, 0.3) is 0 Å². The van der Waals surface area contributed by atoms with Crippen LogP contribution in [0.5, 0.6) is 0 Å². The van der Waals surface area contributed by atoms with E-state index in [1.54, 1.807) is 13.8 Å². The van der Waals surface area contributed by atoms with E-state index < -0.39 is 5.60 Å². The summed E-state index contributed by atoms with van der Waals surface area (Å²) in [4.78, 5) is 12.3. The first-order chi connectivity index (χ1) is 13.3. The first-order valence-electron chi connectivity index (χ1n) is 10.2. The molecule has 0 radical (unpaired) electrons.